The van der Waals surface area contributed by atoms with E-state index >= 15 is 0 Å². The molecule has 0 radical (unpaired) electrons. The number of aliphatic imine (C=N–C) groups is 1. The van der Waals surface area contributed by atoms with Crippen molar-refractivity contribution in [1.82, 2.24) is 0 Å². The molecule has 1 aromatic rings. The van der Waals surface area contributed by atoms with Crippen molar-refractivity contribution < 1.29 is 33.3 Å². The van der Waals surface area contributed by atoms with Crippen molar-refractivity contribution in [3.8, 4) is 5.75 Å². The van der Waals surface area contributed by atoms with Crippen LogP contribution in [-0.2, 0) is 23.8 Å². The SMILES string of the molecule is Cc1ccc(C)c2c1OC1(OC(=NC3CCCCC3)C(C(=O)OC(C)C)=C1C(=O)OC(C)C)C2=O. The third kappa shape index (κ3) is 4.46. The average molecular weight is 484 g/mol. The van der Waals surface area contributed by atoms with Crippen LogP contribution in [0.3, 0.4) is 0 Å². The fourth-order valence-corrected chi connectivity index (χ4v) is 4.73. The summed E-state index contributed by atoms with van der Waals surface area (Å²) in [6.45, 7) is 10.4. The minimum atomic E-state index is -2.19. The van der Waals surface area contributed by atoms with Crippen molar-refractivity contribution in [3.05, 3.63) is 40.0 Å². The summed E-state index contributed by atoms with van der Waals surface area (Å²) in [6, 6.07) is 3.54. The van der Waals surface area contributed by atoms with E-state index in [2.05, 4.69) is 0 Å². The van der Waals surface area contributed by atoms with Crippen molar-refractivity contribution in [3.63, 3.8) is 0 Å². The zero-order valence-corrected chi connectivity index (χ0v) is 21.2. The molecule has 4 rings (SSSR count). The minimum Gasteiger partial charge on any atom is -0.459 e. The lowest BCUT2D eigenvalue weighted by Gasteiger charge is -2.24. The Labute approximate surface area is 205 Å². The molecule has 0 N–H and O–H groups in total. The molecule has 188 valence electrons. The van der Waals surface area contributed by atoms with Crippen LogP contribution in [-0.4, -0.2) is 47.7 Å². The Hall–Kier alpha value is -3.16. The van der Waals surface area contributed by atoms with Gasteiger partial charge in [0.1, 0.15) is 16.9 Å². The molecule has 0 aromatic heterocycles. The fourth-order valence-electron chi connectivity index (χ4n) is 4.73. The Morgan fingerprint density at radius 2 is 1.54 bits per heavy atom. The number of carbonyl (C=O) groups excluding carboxylic acids is 3. The van der Waals surface area contributed by atoms with Gasteiger partial charge in [-0.3, -0.25) is 4.79 Å². The Morgan fingerprint density at radius 1 is 0.943 bits per heavy atom. The number of esters is 2. The molecule has 1 unspecified atom stereocenters. The molecule has 1 spiro atoms. The van der Waals surface area contributed by atoms with E-state index in [9.17, 15) is 14.4 Å². The molecule has 2 heterocycles. The molecule has 8 nitrogen and oxygen atoms in total. The van der Waals surface area contributed by atoms with Gasteiger partial charge in [0.25, 0.3) is 5.78 Å². The van der Waals surface area contributed by atoms with Gasteiger partial charge in [-0.05, 0) is 65.5 Å². The number of nitrogens with zero attached hydrogens (tertiary/aromatic N) is 1. The van der Waals surface area contributed by atoms with E-state index in [1.165, 1.54) is 0 Å². The van der Waals surface area contributed by atoms with E-state index in [1.807, 2.05) is 12.1 Å². The first-order valence-corrected chi connectivity index (χ1v) is 12.3. The number of ether oxygens (including phenoxy) is 4. The number of carbonyl (C=O) groups is 3. The van der Waals surface area contributed by atoms with E-state index in [4.69, 9.17) is 23.9 Å². The number of benzene rings is 1. The van der Waals surface area contributed by atoms with Crippen molar-refractivity contribution in [2.45, 2.75) is 97.7 Å². The number of Topliss-reactive ketones (excluding diaryl/α,β-unsaturated/α-hetero) is 1. The standard InChI is InChI=1S/C27H33NO7/c1-14(2)32-25(30)20-21(26(31)33-15(3)4)27(35-24(20)28-18-10-8-7-9-11-18)23(29)19-16(5)12-13-17(6)22(19)34-27/h12-15,18H,7-11H2,1-6H3. The lowest BCUT2D eigenvalue weighted by Crippen LogP contribution is -2.46. The molecule has 3 aliphatic rings. The third-order valence-electron chi connectivity index (χ3n) is 6.34. The summed E-state index contributed by atoms with van der Waals surface area (Å²) in [5, 5.41) is 0. The van der Waals surface area contributed by atoms with E-state index < -0.39 is 35.7 Å². The predicted molar refractivity (Wildman–Crippen MR) is 128 cm³/mol. The van der Waals surface area contributed by atoms with Gasteiger partial charge in [-0.25, -0.2) is 14.6 Å². The summed E-state index contributed by atoms with van der Waals surface area (Å²) in [5.41, 5.74) is 1.18. The molecular formula is C27H33NO7. The van der Waals surface area contributed by atoms with E-state index in [0.29, 0.717) is 22.4 Å². The first-order valence-electron chi connectivity index (χ1n) is 12.3. The van der Waals surface area contributed by atoms with Crippen LogP contribution in [0.5, 0.6) is 5.75 Å². The number of ketones is 1. The zero-order valence-electron chi connectivity index (χ0n) is 21.2. The summed E-state index contributed by atoms with van der Waals surface area (Å²) in [5.74, 6) is -4.21. The van der Waals surface area contributed by atoms with Crippen LogP contribution in [0.4, 0.5) is 0 Å². The smallest absolute Gasteiger partial charge is 0.353 e. The molecule has 1 aliphatic carbocycles. The van der Waals surface area contributed by atoms with Crippen LogP contribution in [0.1, 0.15) is 81.3 Å². The Morgan fingerprint density at radius 3 is 2.14 bits per heavy atom. The fraction of sp³-hybridized carbons (Fsp3) is 0.556. The van der Waals surface area contributed by atoms with Gasteiger partial charge >= 0.3 is 17.7 Å². The maximum Gasteiger partial charge on any atom is 0.353 e. The van der Waals surface area contributed by atoms with Gasteiger partial charge in [0.2, 0.25) is 5.90 Å². The molecule has 8 heteroatoms. The van der Waals surface area contributed by atoms with Crippen molar-refractivity contribution in [1.29, 1.82) is 0 Å². The monoisotopic (exact) mass is 483 g/mol. The molecule has 1 atom stereocenters. The van der Waals surface area contributed by atoms with E-state index in [0.717, 1.165) is 32.1 Å². The summed E-state index contributed by atoms with van der Waals surface area (Å²) in [4.78, 5) is 45.5. The van der Waals surface area contributed by atoms with Crippen LogP contribution in [0.15, 0.2) is 28.3 Å². The summed E-state index contributed by atoms with van der Waals surface area (Å²) < 4.78 is 23.3. The first kappa shape index (κ1) is 24.9. The first-order chi connectivity index (χ1) is 16.5. The Bertz CT molecular complexity index is 1120. The maximum absolute atomic E-state index is 13.9. The lowest BCUT2D eigenvalue weighted by atomic mass is 9.93. The van der Waals surface area contributed by atoms with Gasteiger partial charge in [0.05, 0.1) is 23.8 Å². The van der Waals surface area contributed by atoms with Gasteiger partial charge in [-0.2, -0.15) is 0 Å². The number of aryl methyl sites for hydroxylation is 2. The van der Waals surface area contributed by atoms with Crippen LogP contribution in [0, 0.1) is 13.8 Å². The maximum atomic E-state index is 13.9. The number of fused-ring (bicyclic) bond motifs is 1. The lowest BCUT2D eigenvalue weighted by molar-refractivity contribution is -0.148. The molecular weight excluding hydrogens is 450 g/mol. The largest absolute Gasteiger partial charge is 0.459 e. The molecule has 0 amide bonds. The molecule has 0 bridgehead atoms. The highest BCUT2D eigenvalue weighted by Crippen LogP contribution is 2.48. The minimum absolute atomic E-state index is 0.0968. The second kappa shape index (κ2) is 9.47. The average Bonchev–Trinajstić information content (AvgIpc) is 3.26. The second-order valence-corrected chi connectivity index (χ2v) is 9.94. The normalized spacial score (nSPS) is 23.2. The molecule has 35 heavy (non-hydrogen) atoms. The van der Waals surface area contributed by atoms with Crippen LogP contribution >= 0.6 is 0 Å². The van der Waals surface area contributed by atoms with Gasteiger partial charge in [0, 0.05) is 0 Å². The van der Waals surface area contributed by atoms with Crippen molar-refractivity contribution in [2.24, 2.45) is 4.99 Å². The van der Waals surface area contributed by atoms with E-state index in [1.54, 1.807) is 41.5 Å². The third-order valence-corrected chi connectivity index (χ3v) is 6.34. The molecule has 1 aromatic carbocycles. The Balaban J connectivity index is 1.93. The summed E-state index contributed by atoms with van der Waals surface area (Å²) in [6.07, 6.45) is 3.80. The van der Waals surface area contributed by atoms with Crippen LogP contribution < -0.4 is 4.74 Å². The number of rotatable bonds is 5. The molecule has 0 saturated heterocycles. The van der Waals surface area contributed by atoms with Gasteiger partial charge in [-0.15, -0.1) is 0 Å². The van der Waals surface area contributed by atoms with Gasteiger partial charge in [0.15, 0.2) is 0 Å². The van der Waals surface area contributed by atoms with Crippen molar-refractivity contribution in [2.75, 3.05) is 0 Å². The Kier molecular flexibility index (Phi) is 6.75. The highest BCUT2D eigenvalue weighted by molar-refractivity contribution is 6.28. The van der Waals surface area contributed by atoms with E-state index in [-0.39, 0.29) is 23.1 Å². The molecule has 2 aliphatic heterocycles. The van der Waals surface area contributed by atoms with Crippen molar-refractivity contribution >= 4 is 23.6 Å². The predicted octanol–water partition coefficient (Wildman–Crippen LogP) is 4.54. The van der Waals surface area contributed by atoms with Crippen LogP contribution in [0.2, 0.25) is 0 Å². The second-order valence-electron chi connectivity index (χ2n) is 9.94. The zero-order chi connectivity index (χ0) is 25.5. The molecule has 1 fully saturated rings. The topological polar surface area (TPSA) is 100 Å². The highest BCUT2D eigenvalue weighted by atomic mass is 16.7. The number of hydrogen-bond donors (Lipinski definition) is 0. The summed E-state index contributed by atoms with van der Waals surface area (Å²) in [7, 11) is 0. The van der Waals surface area contributed by atoms with Gasteiger partial charge < -0.3 is 18.9 Å². The molecule has 1 saturated carbocycles. The quantitative estimate of drug-likeness (QED) is 0.567. The summed E-state index contributed by atoms with van der Waals surface area (Å²) >= 11 is 0. The van der Waals surface area contributed by atoms with Crippen LogP contribution in [0.25, 0.3) is 0 Å². The van der Waals surface area contributed by atoms with Gasteiger partial charge in [-0.1, -0.05) is 31.4 Å². The number of hydrogen-bond acceptors (Lipinski definition) is 8. The highest BCUT2D eigenvalue weighted by Gasteiger charge is 2.64.